The Morgan fingerprint density at radius 2 is 1.87 bits per heavy atom. The largest absolute Gasteiger partial charge is 0.380 e. The van der Waals surface area contributed by atoms with Gasteiger partial charge in [0.1, 0.15) is 0 Å². The first kappa shape index (κ1) is 22.4. The minimum atomic E-state index is 0. The molecule has 6 nitrogen and oxygen atoms in total. The Balaban J connectivity index is 0.00000484. The van der Waals surface area contributed by atoms with Crippen LogP contribution in [0.3, 0.4) is 0 Å². The van der Waals surface area contributed by atoms with Crippen LogP contribution in [0, 0.1) is 11.8 Å². The molecule has 0 aromatic carbocycles. The van der Waals surface area contributed by atoms with E-state index in [4.69, 9.17) is 4.74 Å². The average Bonchev–Trinajstić information content (AvgIpc) is 3.31. The van der Waals surface area contributed by atoms with Crippen LogP contribution in [0.1, 0.15) is 40.0 Å². The molecule has 0 atom stereocenters. The van der Waals surface area contributed by atoms with Crippen molar-refractivity contribution in [2.75, 3.05) is 39.4 Å². The molecular formula is C16H33IN4O2. The third kappa shape index (κ3) is 12.5. The van der Waals surface area contributed by atoms with Gasteiger partial charge in [-0.05, 0) is 32.1 Å². The molecule has 0 aromatic rings. The molecule has 1 aliphatic carbocycles. The minimum Gasteiger partial charge on any atom is -0.380 e. The van der Waals surface area contributed by atoms with Gasteiger partial charge in [-0.15, -0.1) is 24.0 Å². The molecule has 1 aliphatic rings. The average molecular weight is 440 g/mol. The van der Waals surface area contributed by atoms with Crippen LogP contribution in [0.2, 0.25) is 0 Å². The van der Waals surface area contributed by atoms with Crippen molar-refractivity contribution in [2.45, 2.75) is 40.0 Å². The Labute approximate surface area is 157 Å². The topological polar surface area (TPSA) is 74.8 Å². The van der Waals surface area contributed by atoms with Crippen LogP contribution < -0.4 is 16.0 Å². The fourth-order valence-corrected chi connectivity index (χ4v) is 1.84. The molecule has 136 valence electrons. The van der Waals surface area contributed by atoms with E-state index in [2.05, 4.69) is 34.8 Å². The third-order valence-electron chi connectivity index (χ3n) is 3.35. The van der Waals surface area contributed by atoms with Crippen molar-refractivity contribution in [3.63, 3.8) is 0 Å². The van der Waals surface area contributed by atoms with Gasteiger partial charge in [0.05, 0.1) is 13.2 Å². The highest BCUT2D eigenvalue weighted by atomic mass is 127. The van der Waals surface area contributed by atoms with Gasteiger partial charge in [0.15, 0.2) is 5.96 Å². The fraction of sp³-hybridized carbons (Fsp3) is 0.875. The number of carbonyl (C=O) groups is 1. The van der Waals surface area contributed by atoms with Gasteiger partial charge in [0.2, 0.25) is 5.91 Å². The molecule has 1 rings (SSSR count). The summed E-state index contributed by atoms with van der Waals surface area (Å²) in [5.41, 5.74) is 0. The van der Waals surface area contributed by atoms with Crippen molar-refractivity contribution in [2.24, 2.45) is 16.8 Å². The van der Waals surface area contributed by atoms with Crippen LogP contribution in [0.25, 0.3) is 0 Å². The second-order valence-electron chi connectivity index (χ2n) is 6.05. The molecule has 0 spiro atoms. The summed E-state index contributed by atoms with van der Waals surface area (Å²) in [6, 6.07) is 0. The molecule has 0 unspecified atom stereocenters. The van der Waals surface area contributed by atoms with Crippen LogP contribution in [-0.2, 0) is 9.53 Å². The minimum absolute atomic E-state index is 0. The molecule has 0 radical (unpaired) electrons. The number of hydrogen-bond donors (Lipinski definition) is 3. The van der Waals surface area contributed by atoms with Gasteiger partial charge < -0.3 is 20.7 Å². The first-order chi connectivity index (χ1) is 10.6. The quantitative estimate of drug-likeness (QED) is 0.198. The van der Waals surface area contributed by atoms with E-state index in [1.807, 2.05) is 6.92 Å². The van der Waals surface area contributed by atoms with Crippen molar-refractivity contribution in [1.82, 2.24) is 16.0 Å². The molecular weight excluding hydrogens is 407 g/mol. The van der Waals surface area contributed by atoms with Gasteiger partial charge in [-0.1, -0.05) is 13.8 Å². The molecule has 0 saturated heterocycles. The number of rotatable bonds is 11. The smallest absolute Gasteiger partial charge is 0.223 e. The van der Waals surface area contributed by atoms with Crippen molar-refractivity contribution in [1.29, 1.82) is 0 Å². The van der Waals surface area contributed by atoms with Crippen molar-refractivity contribution in [3.05, 3.63) is 0 Å². The Morgan fingerprint density at radius 3 is 2.48 bits per heavy atom. The van der Waals surface area contributed by atoms with Gasteiger partial charge in [0, 0.05) is 32.2 Å². The molecule has 0 heterocycles. The van der Waals surface area contributed by atoms with E-state index in [0.29, 0.717) is 32.2 Å². The van der Waals surface area contributed by atoms with Crippen LogP contribution in [0.15, 0.2) is 4.99 Å². The number of hydrogen-bond acceptors (Lipinski definition) is 3. The molecule has 7 heteroatoms. The van der Waals surface area contributed by atoms with Gasteiger partial charge in [-0.25, -0.2) is 0 Å². The molecule has 23 heavy (non-hydrogen) atoms. The van der Waals surface area contributed by atoms with Crippen LogP contribution in [-0.4, -0.2) is 51.3 Å². The fourth-order valence-electron chi connectivity index (χ4n) is 1.84. The van der Waals surface area contributed by atoms with E-state index in [-0.39, 0.29) is 35.8 Å². The van der Waals surface area contributed by atoms with E-state index in [1.165, 1.54) is 0 Å². The lowest BCUT2D eigenvalue weighted by atomic mass is 10.1. The van der Waals surface area contributed by atoms with Crippen molar-refractivity contribution in [3.8, 4) is 0 Å². The maximum atomic E-state index is 11.5. The normalized spacial score (nSPS) is 14.3. The second kappa shape index (κ2) is 13.8. The molecule has 1 saturated carbocycles. The second-order valence-corrected chi connectivity index (χ2v) is 6.05. The predicted molar refractivity (Wildman–Crippen MR) is 105 cm³/mol. The molecule has 0 aliphatic heterocycles. The Morgan fingerprint density at radius 1 is 1.17 bits per heavy atom. The number of ether oxygens (including phenoxy) is 1. The van der Waals surface area contributed by atoms with Gasteiger partial charge in [-0.2, -0.15) is 0 Å². The predicted octanol–water partition coefficient (Wildman–Crippen LogP) is 1.75. The lowest BCUT2D eigenvalue weighted by molar-refractivity contribution is -0.122. The molecule has 3 N–H and O–H groups in total. The summed E-state index contributed by atoms with van der Waals surface area (Å²) in [6.07, 6.45) is 3.17. The molecule has 1 amide bonds. The Kier molecular flexibility index (Phi) is 13.5. The van der Waals surface area contributed by atoms with Gasteiger partial charge in [0.25, 0.3) is 0 Å². The molecule has 1 fully saturated rings. The Bertz CT molecular complexity index is 347. The monoisotopic (exact) mass is 440 g/mol. The van der Waals surface area contributed by atoms with E-state index in [0.717, 1.165) is 38.4 Å². The standard InChI is InChI=1S/C16H32N4O2.HI/c1-4-17-16(20-10-12-22-11-7-13(2)3)19-9-8-18-15(21)14-5-6-14;/h13-14H,4-12H2,1-3H3,(H,18,21)(H2,17,19,20);1H. The number of guanidine groups is 1. The van der Waals surface area contributed by atoms with E-state index in [9.17, 15) is 4.79 Å². The number of aliphatic imine (C=N–C) groups is 1. The first-order valence-corrected chi connectivity index (χ1v) is 8.51. The van der Waals surface area contributed by atoms with E-state index in [1.54, 1.807) is 0 Å². The summed E-state index contributed by atoms with van der Waals surface area (Å²) in [6.45, 7) is 10.6. The summed E-state index contributed by atoms with van der Waals surface area (Å²) in [4.78, 5) is 15.9. The highest BCUT2D eigenvalue weighted by Gasteiger charge is 2.28. The van der Waals surface area contributed by atoms with E-state index >= 15 is 0 Å². The SMILES string of the molecule is CCNC(=NCCOCCC(C)C)NCCNC(=O)C1CC1.I. The zero-order chi connectivity index (χ0) is 16.2. The summed E-state index contributed by atoms with van der Waals surface area (Å²) < 4.78 is 5.54. The molecule has 0 aromatic heterocycles. The zero-order valence-electron chi connectivity index (χ0n) is 14.7. The van der Waals surface area contributed by atoms with Crippen molar-refractivity contribution >= 4 is 35.8 Å². The number of amides is 1. The van der Waals surface area contributed by atoms with Crippen LogP contribution in [0.5, 0.6) is 0 Å². The van der Waals surface area contributed by atoms with Crippen molar-refractivity contribution < 1.29 is 9.53 Å². The first-order valence-electron chi connectivity index (χ1n) is 8.51. The highest BCUT2D eigenvalue weighted by Crippen LogP contribution is 2.28. The summed E-state index contributed by atoms with van der Waals surface area (Å²) in [7, 11) is 0. The number of carbonyl (C=O) groups excluding carboxylic acids is 1. The van der Waals surface area contributed by atoms with Crippen LogP contribution >= 0.6 is 24.0 Å². The summed E-state index contributed by atoms with van der Waals surface area (Å²) in [5, 5.41) is 9.33. The number of nitrogens with one attached hydrogen (secondary N) is 3. The van der Waals surface area contributed by atoms with Gasteiger partial charge >= 0.3 is 0 Å². The van der Waals surface area contributed by atoms with E-state index < -0.39 is 0 Å². The maximum absolute atomic E-state index is 11.5. The third-order valence-corrected chi connectivity index (χ3v) is 3.35. The Hall–Kier alpha value is -0.570. The lowest BCUT2D eigenvalue weighted by Gasteiger charge is -2.12. The van der Waals surface area contributed by atoms with Crippen LogP contribution in [0.4, 0.5) is 0 Å². The zero-order valence-corrected chi connectivity index (χ0v) is 17.0. The maximum Gasteiger partial charge on any atom is 0.223 e. The number of halogens is 1. The number of nitrogens with zero attached hydrogens (tertiary/aromatic N) is 1. The van der Waals surface area contributed by atoms with Gasteiger partial charge in [-0.3, -0.25) is 9.79 Å². The molecule has 0 bridgehead atoms. The lowest BCUT2D eigenvalue weighted by Crippen LogP contribution is -2.42. The summed E-state index contributed by atoms with van der Waals surface area (Å²) in [5.74, 6) is 1.90. The highest BCUT2D eigenvalue weighted by molar-refractivity contribution is 14.0. The summed E-state index contributed by atoms with van der Waals surface area (Å²) >= 11 is 0.